The molecule has 1 rings (SSSR count). The highest BCUT2D eigenvalue weighted by Crippen LogP contribution is 2.27. The lowest BCUT2D eigenvalue weighted by Crippen LogP contribution is -2.44. The molecule has 0 spiro atoms. The zero-order chi connectivity index (χ0) is 14.4. The van der Waals surface area contributed by atoms with Crippen LogP contribution in [0.4, 0.5) is 4.79 Å². The quantitative estimate of drug-likeness (QED) is 0.601. The minimum absolute atomic E-state index is 0.135. The summed E-state index contributed by atoms with van der Waals surface area (Å²) < 4.78 is 0. The minimum Gasteiger partial charge on any atom is -0.481 e. The Labute approximate surface area is 113 Å². The molecule has 0 radical (unpaired) electrons. The highest BCUT2D eigenvalue weighted by molar-refractivity contribution is 5.73. The zero-order valence-electron chi connectivity index (χ0n) is 11.6. The predicted molar refractivity (Wildman–Crippen MR) is 70.8 cm³/mol. The molecule has 0 aromatic rings. The molecule has 1 unspecified atom stereocenters. The van der Waals surface area contributed by atoms with Gasteiger partial charge in [0.2, 0.25) is 0 Å². The van der Waals surface area contributed by atoms with Gasteiger partial charge in [0, 0.05) is 20.1 Å². The summed E-state index contributed by atoms with van der Waals surface area (Å²) in [4.78, 5) is 23.9. The SMILES string of the molecule is CC(CCCNC(=O)N(C)CC1CC(O)C1)C(=O)O. The molecule has 0 heterocycles. The van der Waals surface area contributed by atoms with Crippen molar-refractivity contribution in [2.24, 2.45) is 11.8 Å². The van der Waals surface area contributed by atoms with Crippen LogP contribution in [-0.2, 0) is 4.79 Å². The largest absolute Gasteiger partial charge is 0.481 e. The van der Waals surface area contributed by atoms with Gasteiger partial charge in [-0.15, -0.1) is 0 Å². The molecule has 6 nitrogen and oxygen atoms in total. The number of carbonyl (C=O) groups excluding carboxylic acids is 1. The monoisotopic (exact) mass is 272 g/mol. The van der Waals surface area contributed by atoms with Crippen LogP contribution in [0.2, 0.25) is 0 Å². The van der Waals surface area contributed by atoms with Crippen molar-refractivity contribution >= 4 is 12.0 Å². The molecule has 110 valence electrons. The Morgan fingerprint density at radius 1 is 1.42 bits per heavy atom. The first-order valence-electron chi connectivity index (χ1n) is 6.80. The van der Waals surface area contributed by atoms with Gasteiger partial charge in [0.05, 0.1) is 12.0 Å². The summed E-state index contributed by atoms with van der Waals surface area (Å²) in [7, 11) is 1.74. The number of nitrogens with zero attached hydrogens (tertiary/aromatic N) is 1. The first-order valence-corrected chi connectivity index (χ1v) is 6.80. The molecule has 0 aromatic heterocycles. The number of hydrogen-bond donors (Lipinski definition) is 3. The summed E-state index contributed by atoms with van der Waals surface area (Å²) in [6.45, 7) is 2.82. The van der Waals surface area contributed by atoms with Crippen LogP contribution in [0.3, 0.4) is 0 Å². The smallest absolute Gasteiger partial charge is 0.317 e. The average Bonchev–Trinajstić information content (AvgIpc) is 2.31. The van der Waals surface area contributed by atoms with Gasteiger partial charge in [0.25, 0.3) is 0 Å². The van der Waals surface area contributed by atoms with E-state index in [1.54, 1.807) is 18.9 Å². The number of aliphatic carboxylic acids is 1. The maximum atomic E-state index is 11.7. The average molecular weight is 272 g/mol. The first-order chi connectivity index (χ1) is 8.90. The van der Waals surface area contributed by atoms with Gasteiger partial charge < -0.3 is 20.4 Å². The van der Waals surface area contributed by atoms with Crippen molar-refractivity contribution in [2.45, 2.75) is 38.7 Å². The van der Waals surface area contributed by atoms with Gasteiger partial charge in [0.15, 0.2) is 0 Å². The van der Waals surface area contributed by atoms with Crippen molar-refractivity contribution in [2.75, 3.05) is 20.1 Å². The minimum atomic E-state index is -0.799. The standard InChI is InChI=1S/C13H24N2O4/c1-9(12(17)18)4-3-5-14-13(19)15(2)8-10-6-11(16)7-10/h9-11,16H,3-8H2,1-2H3,(H,14,19)(H,17,18). The number of carboxylic acid groups (broad SMARTS) is 1. The Balaban J connectivity index is 2.08. The van der Waals surface area contributed by atoms with E-state index in [1.807, 2.05) is 0 Å². The van der Waals surface area contributed by atoms with E-state index >= 15 is 0 Å². The number of carboxylic acids is 1. The highest BCUT2D eigenvalue weighted by Gasteiger charge is 2.28. The van der Waals surface area contributed by atoms with Gasteiger partial charge in [-0.2, -0.15) is 0 Å². The molecule has 0 bridgehead atoms. The lowest BCUT2D eigenvalue weighted by Gasteiger charge is -2.34. The number of nitrogens with one attached hydrogen (secondary N) is 1. The maximum absolute atomic E-state index is 11.7. The van der Waals surface area contributed by atoms with Gasteiger partial charge >= 0.3 is 12.0 Å². The number of aliphatic hydroxyl groups is 1. The molecule has 1 saturated carbocycles. The Morgan fingerprint density at radius 3 is 2.58 bits per heavy atom. The molecule has 3 N–H and O–H groups in total. The van der Waals surface area contributed by atoms with Gasteiger partial charge in [-0.1, -0.05) is 6.92 Å². The van der Waals surface area contributed by atoms with Crippen molar-refractivity contribution in [3.05, 3.63) is 0 Å². The van der Waals surface area contributed by atoms with Crippen molar-refractivity contribution < 1.29 is 19.8 Å². The summed E-state index contributed by atoms with van der Waals surface area (Å²) in [6.07, 6.45) is 2.57. The molecule has 1 aliphatic carbocycles. The zero-order valence-corrected chi connectivity index (χ0v) is 11.6. The van der Waals surface area contributed by atoms with Crippen LogP contribution in [0.25, 0.3) is 0 Å². The van der Waals surface area contributed by atoms with E-state index in [0.29, 0.717) is 31.8 Å². The van der Waals surface area contributed by atoms with Gasteiger partial charge in [0.1, 0.15) is 0 Å². The highest BCUT2D eigenvalue weighted by atomic mass is 16.4. The van der Waals surface area contributed by atoms with Crippen LogP contribution in [0.1, 0.15) is 32.6 Å². The van der Waals surface area contributed by atoms with E-state index in [9.17, 15) is 14.7 Å². The van der Waals surface area contributed by atoms with Crippen molar-refractivity contribution in [1.29, 1.82) is 0 Å². The Bertz CT molecular complexity index is 316. The number of amides is 2. The topological polar surface area (TPSA) is 89.9 Å². The Hall–Kier alpha value is -1.30. The molecule has 1 atom stereocenters. The lowest BCUT2D eigenvalue weighted by molar-refractivity contribution is -0.141. The molecule has 2 amide bonds. The third-order valence-corrected chi connectivity index (χ3v) is 3.60. The van der Waals surface area contributed by atoms with E-state index in [-0.39, 0.29) is 18.1 Å². The van der Waals surface area contributed by atoms with Gasteiger partial charge in [-0.3, -0.25) is 4.79 Å². The molecule has 1 aliphatic rings. The number of urea groups is 1. The van der Waals surface area contributed by atoms with Crippen molar-refractivity contribution in [3.8, 4) is 0 Å². The first kappa shape index (κ1) is 15.8. The third-order valence-electron chi connectivity index (χ3n) is 3.60. The molecule has 0 saturated heterocycles. The van der Waals surface area contributed by atoms with E-state index in [0.717, 1.165) is 12.8 Å². The van der Waals surface area contributed by atoms with Gasteiger partial charge in [-0.05, 0) is 31.6 Å². The summed E-state index contributed by atoms with van der Waals surface area (Å²) in [6, 6.07) is -0.135. The van der Waals surface area contributed by atoms with Gasteiger partial charge in [-0.25, -0.2) is 4.79 Å². The van der Waals surface area contributed by atoms with E-state index in [1.165, 1.54) is 0 Å². The Kier molecular flexibility index (Phi) is 6.08. The second-order valence-electron chi connectivity index (χ2n) is 5.49. The van der Waals surface area contributed by atoms with Crippen LogP contribution >= 0.6 is 0 Å². The second-order valence-corrected chi connectivity index (χ2v) is 5.49. The number of rotatable bonds is 7. The summed E-state index contributed by atoms with van der Waals surface area (Å²) in [5.41, 5.74) is 0. The van der Waals surface area contributed by atoms with E-state index in [4.69, 9.17) is 5.11 Å². The second kappa shape index (κ2) is 7.33. The molecular weight excluding hydrogens is 248 g/mol. The molecule has 6 heteroatoms. The van der Waals surface area contributed by atoms with E-state index in [2.05, 4.69) is 5.32 Å². The molecule has 0 aromatic carbocycles. The summed E-state index contributed by atoms with van der Waals surface area (Å²) >= 11 is 0. The van der Waals surface area contributed by atoms with Crippen LogP contribution in [0.15, 0.2) is 0 Å². The van der Waals surface area contributed by atoms with Crippen LogP contribution in [0, 0.1) is 11.8 Å². The lowest BCUT2D eigenvalue weighted by atomic mass is 9.82. The van der Waals surface area contributed by atoms with Crippen molar-refractivity contribution in [3.63, 3.8) is 0 Å². The van der Waals surface area contributed by atoms with Crippen LogP contribution in [0.5, 0.6) is 0 Å². The third kappa shape index (κ3) is 5.46. The van der Waals surface area contributed by atoms with Crippen LogP contribution in [-0.4, -0.2) is 53.4 Å². The number of aliphatic hydroxyl groups excluding tert-OH is 1. The molecule has 19 heavy (non-hydrogen) atoms. The fourth-order valence-corrected chi connectivity index (χ4v) is 2.18. The molecular formula is C13H24N2O4. The predicted octanol–water partition coefficient (Wildman–Crippen LogP) is 0.900. The number of carbonyl (C=O) groups is 2. The molecule has 1 fully saturated rings. The fraction of sp³-hybridized carbons (Fsp3) is 0.846. The van der Waals surface area contributed by atoms with E-state index < -0.39 is 5.97 Å². The Morgan fingerprint density at radius 2 is 2.05 bits per heavy atom. The summed E-state index contributed by atoms with van der Waals surface area (Å²) in [5, 5.41) is 20.7. The number of hydrogen-bond acceptors (Lipinski definition) is 3. The van der Waals surface area contributed by atoms with Crippen LogP contribution < -0.4 is 5.32 Å². The van der Waals surface area contributed by atoms with Crippen molar-refractivity contribution in [1.82, 2.24) is 10.2 Å². The normalized spacial score (nSPS) is 23.3. The summed E-state index contributed by atoms with van der Waals surface area (Å²) in [5.74, 6) is -0.768. The molecule has 0 aliphatic heterocycles. The maximum Gasteiger partial charge on any atom is 0.317 e. The fourth-order valence-electron chi connectivity index (χ4n) is 2.18.